The van der Waals surface area contributed by atoms with Crippen LogP contribution in [0.4, 0.5) is 0 Å². The Kier molecular flexibility index (Phi) is 5.90. The average molecular weight is 371 g/mol. The first-order chi connectivity index (χ1) is 13.2. The molecule has 0 saturated heterocycles. The average Bonchev–Trinajstić information content (AvgIpc) is 2.72. The highest BCUT2D eigenvalue weighted by molar-refractivity contribution is 6.30. The van der Waals surface area contributed by atoms with E-state index in [1.54, 1.807) is 24.3 Å². The molecule has 0 bridgehead atoms. The first-order valence-electron chi connectivity index (χ1n) is 8.29. The lowest BCUT2D eigenvalue weighted by Crippen LogP contribution is -1.99. The maximum atomic E-state index is 9.55. The molecule has 27 heavy (non-hydrogen) atoms. The summed E-state index contributed by atoms with van der Waals surface area (Å²) < 4.78 is 5.94. The van der Waals surface area contributed by atoms with Crippen LogP contribution in [0.3, 0.4) is 0 Å². The third-order valence-electron chi connectivity index (χ3n) is 4.02. The largest absolute Gasteiger partial charge is 0.488 e. The van der Waals surface area contributed by atoms with Crippen molar-refractivity contribution >= 4 is 23.3 Å². The van der Waals surface area contributed by atoms with Gasteiger partial charge in [0.15, 0.2) is 0 Å². The Bertz CT molecular complexity index is 1060. The lowest BCUT2D eigenvalue weighted by Gasteiger charge is -2.11. The Morgan fingerprint density at radius 3 is 2.37 bits per heavy atom. The predicted octanol–water partition coefficient (Wildman–Crippen LogP) is 5.85. The topological polar surface area (TPSA) is 56.8 Å². The second kappa shape index (κ2) is 8.72. The number of hydrogen-bond acceptors (Lipinski definition) is 3. The van der Waals surface area contributed by atoms with Gasteiger partial charge in [-0.15, -0.1) is 0 Å². The van der Waals surface area contributed by atoms with E-state index in [0.29, 0.717) is 21.9 Å². The zero-order valence-electron chi connectivity index (χ0n) is 14.4. The third kappa shape index (κ3) is 4.55. The molecule has 3 aromatic carbocycles. The van der Waals surface area contributed by atoms with Crippen LogP contribution in [0.5, 0.6) is 5.75 Å². The van der Waals surface area contributed by atoms with Gasteiger partial charge >= 0.3 is 0 Å². The number of rotatable bonds is 5. The van der Waals surface area contributed by atoms with Crippen LogP contribution in [0.15, 0.2) is 72.8 Å². The molecule has 0 unspecified atom stereocenters. The first-order valence-corrected chi connectivity index (χ1v) is 8.66. The van der Waals surface area contributed by atoms with Crippen molar-refractivity contribution in [3.05, 3.63) is 100 Å². The molecular formula is C23H15ClN2O. The van der Waals surface area contributed by atoms with Crippen molar-refractivity contribution in [2.75, 3.05) is 0 Å². The third-order valence-corrected chi connectivity index (χ3v) is 4.27. The molecule has 0 N–H and O–H groups in total. The number of para-hydroxylation sites is 1. The highest BCUT2D eigenvalue weighted by Gasteiger charge is 2.07. The minimum absolute atomic E-state index is 0.275. The molecule has 0 atom stereocenters. The maximum absolute atomic E-state index is 9.55. The molecule has 130 valence electrons. The van der Waals surface area contributed by atoms with Crippen LogP contribution in [0.1, 0.15) is 22.3 Å². The fourth-order valence-corrected chi connectivity index (χ4v) is 2.73. The Hall–Kier alpha value is -3.53. The van der Waals surface area contributed by atoms with Gasteiger partial charge in [-0.05, 0) is 35.9 Å². The second-order valence-corrected chi connectivity index (χ2v) is 6.21. The number of hydrogen-bond donors (Lipinski definition) is 0. The van der Waals surface area contributed by atoms with Crippen molar-refractivity contribution in [1.82, 2.24) is 0 Å². The van der Waals surface area contributed by atoms with Crippen LogP contribution in [-0.4, -0.2) is 0 Å². The quantitative estimate of drug-likeness (QED) is 0.417. The number of benzene rings is 3. The van der Waals surface area contributed by atoms with Crippen LogP contribution >= 0.6 is 11.6 Å². The molecule has 0 amide bonds. The summed E-state index contributed by atoms with van der Waals surface area (Å²) in [4.78, 5) is 0. The summed E-state index contributed by atoms with van der Waals surface area (Å²) in [6, 6.07) is 26.3. The number of nitrogens with zero attached hydrogens (tertiary/aromatic N) is 2. The van der Waals surface area contributed by atoms with Gasteiger partial charge in [-0.25, -0.2) is 0 Å². The predicted molar refractivity (Wildman–Crippen MR) is 107 cm³/mol. The molecule has 0 aliphatic carbocycles. The van der Waals surface area contributed by atoms with Gasteiger partial charge in [0, 0.05) is 16.1 Å². The fourth-order valence-electron chi connectivity index (χ4n) is 2.61. The van der Waals surface area contributed by atoms with E-state index in [0.717, 1.165) is 16.7 Å². The van der Waals surface area contributed by atoms with E-state index >= 15 is 0 Å². The smallest absolute Gasteiger partial charge is 0.127 e. The number of nitriles is 2. The molecule has 0 fully saturated rings. The Labute approximate surface area is 163 Å². The maximum Gasteiger partial charge on any atom is 0.127 e. The zero-order valence-corrected chi connectivity index (χ0v) is 15.1. The first kappa shape index (κ1) is 18.3. The number of halogens is 1. The van der Waals surface area contributed by atoms with Crippen molar-refractivity contribution < 1.29 is 4.74 Å². The van der Waals surface area contributed by atoms with E-state index in [-0.39, 0.29) is 6.61 Å². The van der Waals surface area contributed by atoms with E-state index in [1.807, 2.05) is 54.6 Å². The highest BCUT2D eigenvalue weighted by Crippen LogP contribution is 2.26. The summed E-state index contributed by atoms with van der Waals surface area (Å²) in [5.74, 6) is 0.645. The van der Waals surface area contributed by atoms with Crippen LogP contribution in [0.25, 0.3) is 11.6 Å². The Balaban J connectivity index is 1.88. The zero-order chi connectivity index (χ0) is 19.1. The van der Waals surface area contributed by atoms with Crippen LogP contribution in [0, 0.1) is 22.7 Å². The molecule has 0 aliphatic rings. The standard InChI is InChI=1S/C23H15ClN2O/c24-22-11-9-17(10-12-22)21(15-26)13-18-5-3-4-8-23(18)27-16-20-7-2-1-6-19(20)14-25/h1-13H,16H2/b21-13-. The Morgan fingerprint density at radius 1 is 0.926 bits per heavy atom. The minimum atomic E-state index is 0.275. The number of allylic oxidation sites excluding steroid dienone is 1. The van der Waals surface area contributed by atoms with Crippen molar-refractivity contribution in [3.8, 4) is 17.9 Å². The van der Waals surface area contributed by atoms with Crippen LogP contribution < -0.4 is 4.74 Å². The highest BCUT2D eigenvalue weighted by atomic mass is 35.5. The van der Waals surface area contributed by atoms with Gasteiger partial charge in [0.25, 0.3) is 0 Å². The van der Waals surface area contributed by atoms with E-state index in [2.05, 4.69) is 12.1 Å². The molecule has 0 spiro atoms. The monoisotopic (exact) mass is 370 g/mol. The second-order valence-electron chi connectivity index (χ2n) is 5.77. The van der Waals surface area contributed by atoms with Crippen LogP contribution in [0.2, 0.25) is 5.02 Å². The summed E-state index contributed by atoms with van der Waals surface area (Å²) in [5.41, 5.74) is 3.49. The summed E-state index contributed by atoms with van der Waals surface area (Å²) in [7, 11) is 0. The molecular weight excluding hydrogens is 356 g/mol. The number of ether oxygens (including phenoxy) is 1. The minimum Gasteiger partial charge on any atom is -0.488 e. The molecule has 0 aliphatic heterocycles. The van der Waals surface area contributed by atoms with Gasteiger partial charge in [-0.3, -0.25) is 0 Å². The van der Waals surface area contributed by atoms with Gasteiger partial charge in [-0.2, -0.15) is 10.5 Å². The van der Waals surface area contributed by atoms with Gasteiger partial charge in [0.1, 0.15) is 12.4 Å². The van der Waals surface area contributed by atoms with E-state index in [4.69, 9.17) is 16.3 Å². The molecule has 4 heteroatoms. The van der Waals surface area contributed by atoms with E-state index < -0.39 is 0 Å². The Morgan fingerprint density at radius 2 is 1.63 bits per heavy atom. The summed E-state index contributed by atoms with van der Waals surface area (Å²) in [6.07, 6.45) is 1.79. The molecule has 0 aromatic heterocycles. The molecule has 3 rings (SSSR count). The van der Waals surface area contributed by atoms with Gasteiger partial charge in [0.05, 0.1) is 23.3 Å². The molecule has 0 heterocycles. The molecule has 3 aromatic rings. The van der Waals surface area contributed by atoms with E-state index in [9.17, 15) is 10.5 Å². The fraction of sp³-hybridized carbons (Fsp3) is 0.0435. The van der Waals surface area contributed by atoms with Crippen molar-refractivity contribution in [1.29, 1.82) is 10.5 Å². The lowest BCUT2D eigenvalue weighted by molar-refractivity contribution is 0.305. The molecule has 0 radical (unpaired) electrons. The van der Waals surface area contributed by atoms with Gasteiger partial charge in [0.2, 0.25) is 0 Å². The molecule has 3 nitrogen and oxygen atoms in total. The molecule has 0 saturated carbocycles. The van der Waals surface area contributed by atoms with Crippen molar-refractivity contribution in [2.24, 2.45) is 0 Å². The van der Waals surface area contributed by atoms with Crippen LogP contribution in [-0.2, 0) is 6.61 Å². The van der Waals surface area contributed by atoms with Gasteiger partial charge < -0.3 is 4.74 Å². The summed E-state index contributed by atoms with van der Waals surface area (Å²) in [6.45, 7) is 0.275. The van der Waals surface area contributed by atoms with Crippen molar-refractivity contribution in [2.45, 2.75) is 6.61 Å². The van der Waals surface area contributed by atoms with Crippen molar-refractivity contribution in [3.63, 3.8) is 0 Å². The summed E-state index contributed by atoms with van der Waals surface area (Å²) in [5, 5.41) is 19.4. The SMILES string of the molecule is N#C/C(=C/c1ccccc1OCc1ccccc1C#N)c1ccc(Cl)cc1. The van der Waals surface area contributed by atoms with E-state index in [1.165, 1.54) is 0 Å². The lowest BCUT2D eigenvalue weighted by atomic mass is 10.0. The normalized spacial score (nSPS) is 10.7. The van der Waals surface area contributed by atoms with Gasteiger partial charge in [-0.1, -0.05) is 60.1 Å². The summed E-state index contributed by atoms with van der Waals surface area (Å²) >= 11 is 5.92.